The van der Waals surface area contributed by atoms with Gasteiger partial charge >= 0.3 is 5.97 Å². The monoisotopic (exact) mass is 284 g/mol. The van der Waals surface area contributed by atoms with Gasteiger partial charge in [0.05, 0.1) is 23.9 Å². The van der Waals surface area contributed by atoms with Crippen LogP contribution in [0.4, 0.5) is 5.69 Å². The first-order valence-electron chi connectivity index (χ1n) is 6.42. The number of esters is 1. The van der Waals surface area contributed by atoms with Crippen LogP contribution < -0.4 is 4.90 Å². The van der Waals surface area contributed by atoms with E-state index < -0.39 is 5.97 Å². The van der Waals surface area contributed by atoms with Gasteiger partial charge in [0.25, 0.3) is 5.91 Å². The number of carbonyl (C=O) groups excluding carboxylic acids is 2. The maximum atomic E-state index is 12.5. The number of pyridine rings is 1. The van der Waals surface area contributed by atoms with E-state index in [1.807, 2.05) is 6.92 Å². The maximum absolute atomic E-state index is 12.5. The van der Waals surface area contributed by atoms with Gasteiger partial charge in [-0.25, -0.2) is 4.79 Å². The van der Waals surface area contributed by atoms with Gasteiger partial charge in [-0.2, -0.15) is 0 Å². The highest BCUT2D eigenvalue weighted by Gasteiger charge is 2.19. The molecule has 1 aromatic carbocycles. The van der Waals surface area contributed by atoms with Crippen molar-refractivity contribution in [3.63, 3.8) is 0 Å². The van der Waals surface area contributed by atoms with E-state index in [9.17, 15) is 9.59 Å². The molecule has 0 aliphatic rings. The Morgan fingerprint density at radius 2 is 1.86 bits per heavy atom. The van der Waals surface area contributed by atoms with Crippen LogP contribution in [0, 0.1) is 6.92 Å². The van der Waals surface area contributed by atoms with Crippen molar-refractivity contribution in [2.45, 2.75) is 6.92 Å². The summed E-state index contributed by atoms with van der Waals surface area (Å²) in [4.78, 5) is 29.7. The van der Waals surface area contributed by atoms with Crippen molar-refractivity contribution in [2.75, 3.05) is 19.1 Å². The van der Waals surface area contributed by atoms with Gasteiger partial charge in [0.2, 0.25) is 0 Å². The Balaban J connectivity index is 2.36. The minimum Gasteiger partial charge on any atom is -0.465 e. The molecule has 0 fully saturated rings. The number of rotatable bonds is 3. The van der Waals surface area contributed by atoms with E-state index >= 15 is 0 Å². The molecule has 0 radical (unpaired) electrons. The zero-order chi connectivity index (χ0) is 15.4. The fraction of sp³-hybridized carbons (Fsp3) is 0.188. The lowest BCUT2D eigenvalue weighted by Crippen LogP contribution is -2.28. The molecule has 0 saturated carbocycles. The van der Waals surface area contributed by atoms with Gasteiger partial charge in [0, 0.05) is 18.9 Å². The van der Waals surface area contributed by atoms with E-state index in [1.54, 1.807) is 43.4 Å². The molecule has 1 heterocycles. The number of aromatic nitrogens is 1. The summed E-state index contributed by atoms with van der Waals surface area (Å²) in [6.07, 6.45) is 1.52. The molecule has 0 aliphatic heterocycles. The second kappa shape index (κ2) is 6.17. The molecular weight excluding hydrogens is 268 g/mol. The summed E-state index contributed by atoms with van der Waals surface area (Å²) in [5.74, 6) is -0.717. The van der Waals surface area contributed by atoms with E-state index in [0.717, 1.165) is 5.69 Å². The SMILES string of the molecule is COC(=O)c1ccccc1N(C)C(=O)c1ccc(C)nc1. The standard InChI is InChI=1S/C16H16N2O3/c1-11-8-9-12(10-17-11)15(19)18(2)14-7-5-4-6-13(14)16(20)21-3/h4-10H,1-3H3. The lowest BCUT2D eigenvalue weighted by atomic mass is 10.1. The summed E-state index contributed by atoms with van der Waals surface area (Å²) in [5, 5.41) is 0. The molecule has 2 aromatic rings. The molecule has 21 heavy (non-hydrogen) atoms. The molecular formula is C16H16N2O3. The van der Waals surface area contributed by atoms with Gasteiger partial charge in [-0.05, 0) is 31.2 Å². The largest absolute Gasteiger partial charge is 0.465 e. The summed E-state index contributed by atoms with van der Waals surface area (Å²) in [7, 11) is 2.93. The minimum absolute atomic E-state index is 0.237. The molecule has 5 nitrogen and oxygen atoms in total. The van der Waals surface area contributed by atoms with Crippen molar-refractivity contribution >= 4 is 17.6 Å². The molecule has 0 saturated heterocycles. The van der Waals surface area contributed by atoms with Crippen molar-refractivity contribution in [3.8, 4) is 0 Å². The fourth-order valence-corrected chi connectivity index (χ4v) is 1.95. The van der Waals surface area contributed by atoms with E-state index in [-0.39, 0.29) is 5.91 Å². The van der Waals surface area contributed by atoms with Crippen molar-refractivity contribution in [1.29, 1.82) is 0 Å². The van der Waals surface area contributed by atoms with Crippen LogP contribution in [0.2, 0.25) is 0 Å². The van der Waals surface area contributed by atoms with E-state index in [0.29, 0.717) is 16.8 Å². The number of anilines is 1. The number of aryl methyl sites for hydroxylation is 1. The molecule has 2 rings (SSSR count). The van der Waals surface area contributed by atoms with Crippen LogP contribution in [0.1, 0.15) is 26.4 Å². The number of benzene rings is 1. The number of ether oxygens (including phenoxy) is 1. The number of hydrogen-bond acceptors (Lipinski definition) is 4. The quantitative estimate of drug-likeness (QED) is 0.812. The zero-order valence-electron chi connectivity index (χ0n) is 12.2. The van der Waals surface area contributed by atoms with Gasteiger partial charge in [-0.1, -0.05) is 12.1 Å². The average molecular weight is 284 g/mol. The lowest BCUT2D eigenvalue weighted by Gasteiger charge is -2.19. The van der Waals surface area contributed by atoms with Crippen LogP contribution in [-0.4, -0.2) is 31.0 Å². The molecule has 0 bridgehead atoms. The first kappa shape index (κ1) is 14.7. The number of amides is 1. The molecule has 1 amide bonds. The van der Waals surface area contributed by atoms with Crippen molar-refractivity contribution in [1.82, 2.24) is 4.98 Å². The second-order valence-corrected chi connectivity index (χ2v) is 4.56. The van der Waals surface area contributed by atoms with Crippen LogP contribution in [0.5, 0.6) is 0 Å². The van der Waals surface area contributed by atoms with Crippen molar-refractivity contribution in [2.24, 2.45) is 0 Å². The van der Waals surface area contributed by atoms with Gasteiger partial charge < -0.3 is 9.64 Å². The normalized spacial score (nSPS) is 10.0. The van der Waals surface area contributed by atoms with E-state index in [2.05, 4.69) is 4.98 Å². The molecule has 0 unspecified atom stereocenters. The summed E-state index contributed by atoms with van der Waals surface area (Å²) < 4.78 is 4.74. The summed E-state index contributed by atoms with van der Waals surface area (Å²) in [5.41, 5.74) is 2.14. The summed E-state index contributed by atoms with van der Waals surface area (Å²) >= 11 is 0. The first-order chi connectivity index (χ1) is 10.0. The Morgan fingerprint density at radius 1 is 1.14 bits per heavy atom. The van der Waals surface area contributed by atoms with Crippen LogP contribution in [0.3, 0.4) is 0 Å². The van der Waals surface area contributed by atoms with Gasteiger partial charge in [0.1, 0.15) is 0 Å². The second-order valence-electron chi connectivity index (χ2n) is 4.56. The van der Waals surface area contributed by atoms with Crippen LogP contribution in [0.25, 0.3) is 0 Å². The Morgan fingerprint density at radius 3 is 2.48 bits per heavy atom. The zero-order valence-corrected chi connectivity index (χ0v) is 12.2. The lowest BCUT2D eigenvalue weighted by molar-refractivity contribution is 0.0601. The Labute approximate surface area is 123 Å². The predicted octanol–water partition coefficient (Wildman–Crippen LogP) is 2.45. The molecule has 1 aromatic heterocycles. The summed E-state index contributed by atoms with van der Waals surface area (Å²) in [6, 6.07) is 10.3. The highest BCUT2D eigenvalue weighted by Crippen LogP contribution is 2.21. The molecule has 5 heteroatoms. The number of nitrogens with zero attached hydrogens (tertiary/aromatic N) is 2. The fourth-order valence-electron chi connectivity index (χ4n) is 1.95. The smallest absolute Gasteiger partial charge is 0.339 e. The molecule has 108 valence electrons. The molecule has 0 atom stereocenters. The van der Waals surface area contributed by atoms with Gasteiger partial charge in [0.15, 0.2) is 0 Å². The van der Waals surface area contributed by atoms with Crippen molar-refractivity contribution in [3.05, 3.63) is 59.4 Å². The average Bonchev–Trinajstić information content (AvgIpc) is 2.53. The Hall–Kier alpha value is -2.69. The number of carbonyl (C=O) groups is 2. The van der Waals surface area contributed by atoms with Crippen LogP contribution in [0.15, 0.2) is 42.6 Å². The third-order valence-corrected chi connectivity index (χ3v) is 3.13. The Kier molecular flexibility index (Phi) is 4.33. The number of methoxy groups -OCH3 is 1. The topological polar surface area (TPSA) is 59.5 Å². The summed E-state index contributed by atoms with van der Waals surface area (Å²) in [6.45, 7) is 1.85. The van der Waals surface area contributed by atoms with Gasteiger partial charge in [-0.3, -0.25) is 9.78 Å². The van der Waals surface area contributed by atoms with Gasteiger partial charge in [-0.15, -0.1) is 0 Å². The third-order valence-electron chi connectivity index (χ3n) is 3.13. The first-order valence-corrected chi connectivity index (χ1v) is 6.42. The molecule has 0 spiro atoms. The number of hydrogen-bond donors (Lipinski definition) is 0. The molecule has 0 aliphatic carbocycles. The van der Waals surface area contributed by atoms with E-state index in [4.69, 9.17) is 4.74 Å². The minimum atomic E-state index is -0.479. The van der Waals surface area contributed by atoms with Crippen molar-refractivity contribution < 1.29 is 14.3 Å². The third kappa shape index (κ3) is 3.08. The predicted molar refractivity (Wildman–Crippen MR) is 79.5 cm³/mol. The highest BCUT2D eigenvalue weighted by atomic mass is 16.5. The van der Waals surface area contributed by atoms with E-state index in [1.165, 1.54) is 18.2 Å². The Bertz CT molecular complexity index is 665. The highest BCUT2D eigenvalue weighted by molar-refractivity contribution is 6.09. The molecule has 0 N–H and O–H groups in total. The van der Waals surface area contributed by atoms with Crippen LogP contribution in [-0.2, 0) is 4.74 Å². The number of para-hydroxylation sites is 1. The van der Waals surface area contributed by atoms with Crippen LogP contribution >= 0.6 is 0 Å². The maximum Gasteiger partial charge on any atom is 0.339 e.